The SMILES string of the molecule is CCN(C)C(=O)N1C[C@@H]2C(C(=O)N[C@H]3CCN(c4ncccc4C#N)C3)[C@@H]2C1. The molecule has 4 rings (SSSR count). The molecule has 0 radical (unpaired) electrons. The van der Waals surface area contributed by atoms with Crippen LogP contribution < -0.4 is 10.2 Å². The molecule has 28 heavy (non-hydrogen) atoms. The van der Waals surface area contributed by atoms with E-state index < -0.39 is 0 Å². The molecular formula is C20H26N6O2. The van der Waals surface area contributed by atoms with Gasteiger partial charge in [-0.05, 0) is 37.3 Å². The Morgan fingerprint density at radius 1 is 1.36 bits per heavy atom. The van der Waals surface area contributed by atoms with Crippen LogP contribution in [0.1, 0.15) is 18.9 Å². The lowest BCUT2D eigenvalue weighted by atomic mass is 10.2. The van der Waals surface area contributed by atoms with Gasteiger partial charge < -0.3 is 20.0 Å². The van der Waals surface area contributed by atoms with Gasteiger partial charge in [0.05, 0.1) is 5.56 Å². The van der Waals surface area contributed by atoms with Crippen molar-refractivity contribution in [1.29, 1.82) is 5.26 Å². The topological polar surface area (TPSA) is 92.6 Å². The number of hydrogen-bond acceptors (Lipinski definition) is 5. The molecule has 8 heteroatoms. The first-order valence-electron chi connectivity index (χ1n) is 9.94. The molecule has 148 valence electrons. The highest BCUT2D eigenvalue weighted by Gasteiger charge is 2.60. The van der Waals surface area contributed by atoms with Gasteiger partial charge >= 0.3 is 6.03 Å². The molecule has 3 amide bonds. The van der Waals surface area contributed by atoms with E-state index in [0.717, 1.165) is 13.0 Å². The summed E-state index contributed by atoms with van der Waals surface area (Å²) in [7, 11) is 1.81. The predicted molar refractivity (Wildman–Crippen MR) is 103 cm³/mol. The molecule has 2 aliphatic heterocycles. The molecule has 4 atom stereocenters. The average molecular weight is 382 g/mol. The maximum Gasteiger partial charge on any atom is 0.319 e. The van der Waals surface area contributed by atoms with Crippen molar-refractivity contribution in [2.75, 3.05) is 44.7 Å². The lowest BCUT2D eigenvalue weighted by Gasteiger charge is -2.25. The van der Waals surface area contributed by atoms with E-state index in [1.54, 1.807) is 23.2 Å². The molecule has 1 aliphatic carbocycles. The highest BCUT2D eigenvalue weighted by atomic mass is 16.2. The van der Waals surface area contributed by atoms with Gasteiger partial charge in [-0.25, -0.2) is 9.78 Å². The zero-order valence-electron chi connectivity index (χ0n) is 16.3. The summed E-state index contributed by atoms with van der Waals surface area (Å²) >= 11 is 0. The molecule has 1 aromatic rings. The van der Waals surface area contributed by atoms with Crippen molar-refractivity contribution in [2.45, 2.75) is 19.4 Å². The molecule has 8 nitrogen and oxygen atoms in total. The number of piperidine rings is 1. The molecule has 3 heterocycles. The lowest BCUT2D eigenvalue weighted by molar-refractivity contribution is -0.123. The first kappa shape index (κ1) is 18.5. The van der Waals surface area contributed by atoms with Crippen LogP contribution in [0.5, 0.6) is 0 Å². The maximum absolute atomic E-state index is 12.7. The maximum atomic E-state index is 12.7. The van der Waals surface area contributed by atoms with Gasteiger partial charge in [-0.3, -0.25) is 4.79 Å². The molecule has 1 N–H and O–H groups in total. The smallest absolute Gasteiger partial charge is 0.319 e. The first-order valence-corrected chi connectivity index (χ1v) is 9.94. The Morgan fingerprint density at radius 2 is 2.11 bits per heavy atom. The second-order valence-corrected chi connectivity index (χ2v) is 7.98. The number of carbonyl (C=O) groups is 2. The minimum atomic E-state index is 0.0366. The summed E-state index contributed by atoms with van der Waals surface area (Å²) in [5.41, 5.74) is 0.563. The van der Waals surface area contributed by atoms with E-state index in [0.29, 0.717) is 49.4 Å². The van der Waals surface area contributed by atoms with Crippen molar-refractivity contribution < 1.29 is 9.59 Å². The van der Waals surface area contributed by atoms with Gasteiger partial charge in [0.1, 0.15) is 11.9 Å². The van der Waals surface area contributed by atoms with Crippen LogP contribution in [0.25, 0.3) is 0 Å². The summed E-state index contributed by atoms with van der Waals surface area (Å²) in [6.45, 7) is 5.46. The van der Waals surface area contributed by atoms with E-state index in [1.807, 2.05) is 18.9 Å². The van der Waals surface area contributed by atoms with Crippen LogP contribution in [0.3, 0.4) is 0 Å². The quantitative estimate of drug-likeness (QED) is 0.835. The third-order valence-corrected chi connectivity index (χ3v) is 6.31. The van der Waals surface area contributed by atoms with Gasteiger partial charge in [-0.2, -0.15) is 5.26 Å². The summed E-state index contributed by atoms with van der Waals surface area (Å²) in [6.07, 6.45) is 2.54. The normalized spacial score (nSPS) is 27.9. The summed E-state index contributed by atoms with van der Waals surface area (Å²) in [5, 5.41) is 12.4. The number of pyridine rings is 1. The Kier molecular flexibility index (Phi) is 4.84. The van der Waals surface area contributed by atoms with Crippen LogP contribution in [0.4, 0.5) is 10.6 Å². The van der Waals surface area contributed by atoms with Crippen LogP contribution in [-0.4, -0.2) is 72.5 Å². The van der Waals surface area contributed by atoms with E-state index in [2.05, 4.69) is 21.3 Å². The van der Waals surface area contributed by atoms with Crippen molar-refractivity contribution in [1.82, 2.24) is 20.1 Å². The van der Waals surface area contributed by atoms with Crippen LogP contribution in [0.2, 0.25) is 0 Å². The van der Waals surface area contributed by atoms with Crippen LogP contribution in [0.15, 0.2) is 18.3 Å². The summed E-state index contributed by atoms with van der Waals surface area (Å²) in [6, 6.07) is 5.84. The molecule has 0 spiro atoms. The van der Waals surface area contributed by atoms with Crippen molar-refractivity contribution in [3.63, 3.8) is 0 Å². The monoisotopic (exact) mass is 382 g/mol. The second-order valence-electron chi connectivity index (χ2n) is 7.98. The highest BCUT2D eigenvalue weighted by molar-refractivity contribution is 5.84. The number of likely N-dealkylation sites (tertiary alicyclic amines) is 1. The van der Waals surface area contributed by atoms with Crippen LogP contribution in [0, 0.1) is 29.1 Å². The lowest BCUT2D eigenvalue weighted by Crippen LogP contribution is -2.43. The van der Waals surface area contributed by atoms with Crippen LogP contribution in [-0.2, 0) is 4.79 Å². The Morgan fingerprint density at radius 3 is 2.79 bits per heavy atom. The van der Waals surface area contributed by atoms with Crippen molar-refractivity contribution in [3.05, 3.63) is 23.9 Å². The standard InChI is InChI=1S/C20H26N6O2/c1-3-24(2)20(28)26-11-15-16(12-26)17(15)19(27)23-14-6-8-25(10-14)18-13(9-21)5-4-7-22-18/h4-5,7,14-17H,3,6,8,10-12H2,1-2H3,(H,23,27)/t14-,15-,16+,17?/m0/s1. The van der Waals surface area contributed by atoms with E-state index in [4.69, 9.17) is 0 Å². The fraction of sp³-hybridized carbons (Fsp3) is 0.600. The fourth-order valence-electron chi connectivity index (χ4n) is 4.55. The highest BCUT2D eigenvalue weighted by Crippen LogP contribution is 2.52. The predicted octanol–water partition coefficient (Wildman–Crippen LogP) is 0.898. The minimum absolute atomic E-state index is 0.0366. The zero-order valence-corrected chi connectivity index (χ0v) is 16.3. The van der Waals surface area contributed by atoms with E-state index in [1.165, 1.54) is 0 Å². The Bertz CT molecular complexity index is 809. The Hall–Kier alpha value is -2.82. The number of anilines is 1. The molecule has 3 aliphatic rings. The van der Waals surface area contributed by atoms with Gasteiger partial charge in [-0.1, -0.05) is 0 Å². The fourth-order valence-corrected chi connectivity index (χ4v) is 4.55. The van der Waals surface area contributed by atoms with E-state index >= 15 is 0 Å². The van der Waals surface area contributed by atoms with E-state index in [9.17, 15) is 14.9 Å². The van der Waals surface area contributed by atoms with Crippen molar-refractivity contribution in [3.8, 4) is 6.07 Å². The third-order valence-electron chi connectivity index (χ3n) is 6.31. The number of amides is 3. The minimum Gasteiger partial charge on any atom is -0.353 e. The molecule has 2 saturated heterocycles. The largest absolute Gasteiger partial charge is 0.353 e. The number of aromatic nitrogens is 1. The van der Waals surface area contributed by atoms with Gasteiger partial charge in [0, 0.05) is 57.9 Å². The zero-order chi connectivity index (χ0) is 19.8. The number of urea groups is 1. The molecule has 1 unspecified atom stereocenters. The Balaban J connectivity index is 1.28. The summed E-state index contributed by atoms with van der Waals surface area (Å²) in [4.78, 5) is 34.9. The molecule has 1 saturated carbocycles. The number of nitriles is 1. The summed E-state index contributed by atoms with van der Waals surface area (Å²) < 4.78 is 0. The van der Waals surface area contributed by atoms with Gasteiger partial charge in [0.2, 0.25) is 5.91 Å². The number of rotatable bonds is 4. The number of nitrogens with one attached hydrogen (secondary N) is 1. The van der Waals surface area contributed by atoms with Gasteiger partial charge in [-0.15, -0.1) is 0 Å². The second kappa shape index (κ2) is 7.30. The molecule has 0 aromatic carbocycles. The number of hydrogen-bond donors (Lipinski definition) is 1. The molecular weight excluding hydrogens is 356 g/mol. The van der Waals surface area contributed by atoms with Gasteiger partial charge in [0.15, 0.2) is 0 Å². The third kappa shape index (κ3) is 3.26. The van der Waals surface area contributed by atoms with Crippen LogP contribution >= 0.6 is 0 Å². The molecule has 3 fully saturated rings. The molecule has 1 aromatic heterocycles. The molecule has 0 bridgehead atoms. The number of carbonyl (C=O) groups excluding carboxylic acids is 2. The van der Waals surface area contributed by atoms with Gasteiger partial charge in [0.25, 0.3) is 0 Å². The van der Waals surface area contributed by atoms with Crippen molar-refractivity contribution >= 4 is 17.8 Å². The average Bonchev–Trinajstić information content (AvgIpc) is 3.05. The first-order chi connectivity index (χ1) is 13.5. The van der Waals surface area contributed by atoms with E-state index in [-0.39, 0.29) is 23.9 Å². The number of nitrogens with zero attached hydrogens (tertiary/aromatic N) is 5. The Labute approximate surface area is 165 Å². The van der Waals surface area contributed by atoms with Crippen molar-refractivity contribution in [2.24, 2.45) is 17.8 Å². The summed E-state index contributed by atoms with van der Waals surface area (Å²) in [5.74, 6) is 1.44. The number of fused-ring (bicyclic) bond motifs is 1.